The highest BCUT2D eigenvalue weighted by Crippen LogP contribution is 2.30. The summed E-state index contributed by atoms with van der Waals surface area (Å²) >= 11 is 1.61. The maximum atomic E-state index is 12.4. The predicted octanol–water partition coefficient (Wildman–Crippen LogP) is 4.01. The molecule has 0 N–H and O–H groups in total. The number of rotatable bonds is 2. The smallest absolute Gasteiger partial charge is 0.289 e. The molecule has 0 aliphatic heterocycles. The molecule has 3 aromatic rings. The van der Waals surface area contributed by atoms with Crippen molar-refractivity contribution in [3.05, 3.63) is 51.8 Å². The first-order valence-electron chi connectivity index (χ1n) is 6.64. The zero-order valence-corrected chi connectivity index (χ0v) is 12.6. The molecule has 0 saturated heterocycles. The van der Waals surface area contributed by atoms with Crippen LogP contribution >= 0.6 is 11.3 Å². The van der Waals surface area contributed by atoms with Crippen LogP contribution in [0.25, 0.3) is 21.5 Å². The van der Waals surface area contributed by atoms with Crippen LogP contribution in [0.1, 0.15) is 25.5 Å². The fourth-order valence-corrected chi connectivity index (χ4v) is 3.18. The third-order valence-electron chi connectivity index (χ3n) is 3.35. The van der Waals surface area contributed by atoms with Gasteiger partial charge in [-0.3, -0.25) is 4.57 Å². The lowest BCUT2D eigenvalue weighted by Gasteiger charge is -2.15. The fourth-order valence-electron chi connectivity index (χ4n) is 2.45. The van der Waals surface area contributed by atoms with E-state index in [1.54, 1.807) is 15.9 Å². The van der Waals surface area contributed by atoms with Crippen molar-refractivity contribution < 1.29 is 0 Å². The summed E-state index contributed by atoms with van der Waals surface area (Å²) in [6.07, 6.45) is 0. The van der Waals surface area contributed by atoms with Gasteiger partial charge < -0.3 is 0 Å². The van der Waals surface area contributed by atoms with E-state index in [2.05, 4.69) is 23.2 Å². The van der Waals surface area contributed by atoms with E-state index in [0.717, 1.165) is 27.0 Å². The summed E-state index contributed by atoms with van der Waals surface area (Å²) in [5.41, 5.74) is 2.72. The first-order chi connectivity index (χ1) is 9.58. The van der Waals surface area contributed by atoms with Crippen LogP contribution in [-0.4, -0.2) is 9.55 Å². The number of nitrogens with zero attached hydrogens (tertiary/aromatic N) is 2. The fraction of sp³-hybridized carbons (Fsp3) is 0.250. The SMILES string of the molecule is Cc1ccc2c(-c3cccs3)nc(=O)n(C(C)C)c2c1. The molecule has 20 heavy (non-hydrogen) atoms. The first kappa shape index (κ1) is 13.1. The van der Waals surface area contributed by atoms with Crippen LogP contribution in [0, 0.1) is 6.92 Å². The maximum Gasteiger partial charge on any atom is 0.348 e. The quantitative estimate of drug-likeness (QED) is 0.712. The Labute approximate surface area is 121 Å². The van der Waals surface area contributed by atoms with Gasteiger partial charge in [0.25, 0.3) is 0 Å². The number of thiophene rings is 1. The average Bonchev–Trinajstić information content (AvgIpc) is 2.90. The van der Waals surface area contributed by atoms with Crippen LogP contribution in [0.5, 0.6) is 0 Å². The van der Waals surface area contributed by atoms with Crippen LogP contribution in [0.3, 0.4) is 0 Å². The third-order valence-corrected chi connectivity index (χ3v) is 4.23. The lowest BCUT2D eigenvalue weighted by atomic mass is 10.1. The number of aryl methyl sites for hydroxylation is 1. The molecule has 0 aliphatic carbocycles. The Balaban J connectivity index is 2.46. The lowest BCUT2D eigenvalue weighted by molar-refractivity contribution is 0.587. The normalized spacial score (nSPS) is 11.4. The van der Waals surface area contributed by atoms with Gasteiger partial charge in [-0.1, -0.05) is 18.2 Å². The molecule has 3 rings (SSSR count). The van der Waals surface area contributed by atoms with E-state index in [1.807, 2.05) is 38.3 Å². The minimum absolute atomic E-state index is 0.0942. The summed E-state index contributed by atoms with van der Waals surface area (Å²) in [6.45, 7) is 6.06. The van der Waals surface area contributed by atoms with E-state index in [-0.39, 0.29) is 11.7 Å². The molecule has 0 bridgehead atoms. The predicted molar refractivity (Wildman–Crippen MR) is 84.4 cm³/mol. The highest BCUT2D eigenvalue weighted by atomic mass is 32.1. The Bertz CT molecular complexity index is 816. The standard InChI is InChI=1S/C16H16N2OS/c1-10(2)18-13-9-11(3)6-7-12(13)15(17-16(18)19)14-5-4-8-20-14/h4-10H,1-3H3. The summed E-state index contributed by atoms with van der Waals surface area (Å²) < 4.78 is 1.76. The van der Waals surface area contributed by atoms with Crippen LogP contribution in [0.4, 0.5) is 0 Å². The first-order valence-corrected chi connectivity index (χ1v) is 7.52. The Hall–Kier alpha value is -1.94. The van der Waals surface area contributed by atoms with Crippen molar-refractivity contribution in [2.75, 3.05) is 0 Å². The Morgan fingerprint density at radius 1 is 1.25 bits per heavy atom. The molecule has 1 aromatic carbocycles. The molecule has 0 fully saturated rings. The van der Waals surface area contributed by atoms with Gasteiger partial charge in [0.05, 0.1) is 16.1 Å². The van der Waals surface area contributed by atoms with Crippen LogP contribution < -0.4 is 5.69 Å². The second-order valence-corrected chi connectivity index (χ2v) is 6.15. The van der Waals surface area contributed by atoms with E-state index in [0.29, 0.717) is 0 Å². The molecule has 2 heterocycles. The molecular formula is C16H16N2OS. The molecule has 0 spiro atoms. The largest absolute Gasteiger partial charge is 0.348 e. The zero-order chi connectivity index (χ0) is 14.3. The third kappa shape index (κ3) is 2.06. The Kier molecular flexibility index (Phi) is 3.18. The number of aromatic nitrogens is 2. The second kappa shape index (κ2) is 4.87. The van der Waals surface area contributed by atoms with Crippen molar-refractivity contribution in [2.24, 2.45) is 0 Å². The van der Waals surface area contributed by atoms with E-state index < -0.39 is 0 Å². The molecule has 3 nitrogen and oxygen atoms in total. The molecule has 0 radical (unpaired) electrons. The number of hydrogen-bond donors (Lipinski definition) is 0. The molecule has 0 unspecified atom stereocenters. The minimum Gasteiger partial charge on any atom is -0.289 e. The van der Waals surface area contributed by atoms with Gasteiger partial charge in [0.1, 0.15) is 0 Å². The minimum atomic E-state index is -0.179. The topological polar surface area (TPSA) is 34.9 Å². The van der Waals surface area contributed by atoms with E-state index in [9.17, 15) is 4.79 Å². The Morgan fingerprint density at radius 3 is 2.70 bits per heavy atom. The van der Waals surface area contributed by atoms with E-state index in [1.165, 1.54) is 0 Å². The number of hydrogen-bond acceptors (Lipinski definition) is 3. The van der Waals surface area contributed by atoms with Crippen molar-refractivity contribution in [2.45, 2.75) is 26.8 Å². The van der Waals surface area contributed by atoms with Crippen molar-refractivity contribution in [1.29, 1.82) is 0 Å². The van der Waals surface area contributed by atoms with Gasteiger partial charge in [-0.15, -0.1) is 11.3 Å². The number of fused-ring (bicyclic) bond motifs is 1. The summed E-state index contributed by atoms with van der Waals surface area (Å²) in [5.74, 6) is 0. The van der Waals surface area contributed by atoms with E-state index >= 15 is 0 Å². The monoisotopic (exact) mass is 284 g/mol. The highest BCUT2D eigenvalue weighted by molar-refractivity contribution is 7.13. The van der Waals surface area contributed by atoms with Gasteiger partial charge in [0.2, 0.25) is 0 Å². The van der Waals surface area contributed by atoms with Crippen molar-refractivity contribution >= 4 is 22.2 Å². The number of benzene rings is 1. The molecule has 0 aliphatic rings. The van der Waals surface area contributed by atoms with Crippen LogP contribution in [0.2, 0.25) is 0 Å². The molecule has 0 amide bonds. The molecule has 2 aromatic heterocycles. The van der Waals surface area contributed by atoms with Crippen molar-refractivity contribution in [3.63, 3.8) is 0 Å². The summed E-state index contributed by atoms with van der Waals surface area (Å²) in [7, 11) is 0. The molecule has 4 heteroatoms. The summed E-state index contributed by atoms with van der Waals surface area (Å²) in [6, 6.07) is 10.3. The van der Waals surface area contributed by atoms with Crippen LogP contribution in [0.15, 0.2) is 40.5 Å². The zero-order valence-electron chi connectivity index (χ0n) is 11.8. The average molecular weight is 284 g/mol. The van der Waals surface area contributed by atoms with Gasteiger partial charge in [0.15, 0.2) is 0 Å². The molecule has 0 saturated carbocycles. The van der Waals surface area contributed by atoms with Crippen molar-refractivity contribution in [3.8, 4) is 10.6 Å². The van der Waals surface area contributed by atoms with Gasteiger partial charge in [-0.2, -0.15) is 4.98 Å². The van der Waals surface area contributed by atoms with Crippen LogP contribution in [-0.2, 0) is 0 Å². The molecule has 102 valence electrons. The van der Waals surface area contributed by atoms with Crippen molar-refractivity contribution in [1.82, 2.24) is 9.55 Å². The molecular weight excluding hydrogens is 268 g/mol. The summed E-state index contributed by atoms with van der Waals surface area (Å²) in [4.78, 5) is 17.7. The Morgan fingerprint density at radius 2 is 2.05 bits per heavy atom. The summed E-state index contributed by atoms with van der Waals surface area (Å²) in [5, 5.41) is 3.04. The second-order valence-electron chi connectivity index (χ2n) is 5.20. The van der Waals surface area contributed by atoms with Gasteiger partial charge in [0, 0.05) is 11.4 Å². The maximum absolute atomic E-state index is 12.4. The van der Waals surface area contributed by atoms with Gasteiger partial charge >= 0.3 is 5.69 Å². The van der Waals surface area contributed by atoms with Gasteiger partial charge in [-0.25, -0.2) is 4.79 Å². The van der Waals surface area contributed by atoms with E-state index in [4.69, 9.17) is 0 Å². The van der Waals surface area contributed by atoms with Gasteiger partial charge in [-0.05, 0) is 43.8 Å². The highest BCUT2D eigenvalue weighted by Gasteiger charge is 2.14. The lowest BCUT2D eigenvalue weighted by Crippen LogP contribution is -2.25. The molecule has 0 atom stereocenters.